The Morgan fingerprint density at radius 1 is 0.960 bits per heavy atom. The van der Waals surface area contributed by atoms with Gasteiger partial charge in [-0.3, -0.25) is 4.79 Å². The van der Waals surface area contributed by atoms with Crippen LogP contribution in [0.1, 0.15) is 57.8 Å². The minimum absolute atomic E-state index is 0.0493. The zero-order valence-electron chi connectivity index (χ0n) is 16.0. The third kappa shape index (κ3) is 5.87. The van der Waals surface area contributed by atoms with Crippen LogP contribution >= 0.6 is 0 Å². The van der Waals surface area contributed by atoms with Gasteiger partial charge in [-0.1, -0.05) is 19.3 Å². The third-order valence-electron chi connectivity index (χ3n) is 5.75. The Morgan fingerprint density at radius 3 is 2.12 bits per heavy atom. The first-order chi connectivity index (χ1) is 12.1. The molecular weight excluding hydrogens is 314 g/mol. The van der Waals surface area contributed by atoms with Gasteiger partial charge in [0.1, 0.15) is 6.54 Å². The van der Waals surface area contributed by atoms with Crippen LogP contribution in [0.3, 0.4) is 0 Å². The second-order valence-electron chi connectivity index (χ2n) is 8.12. The zero-order chi connectivity index (χ0) is 17.6. The first kappa shape index (κ1) is 18.5. The average Bonchev–Trinajstić information content (AvgIpc) is 3.46. The lowest BCUT2D eigenvalue weighted by atomic mass is 9.95. The summed E-state index contributed by atoms with van der Waals surface area (Å²) in [6.07, 6.45) is 11.5. The summed E-state index contributed by atoms with van der Waals surface area (Å²) in [6.45, 7) is 2.60. The number of carbonyl (C=O) groups excluding carboxylic acids is 1. The molecule has 0 bridgehead atoms. The minimum atomic E-state index is 0.0493. The van der Waals surface area contributed by atoms with Crippen molar-refractivity contribution in [1.29, 1.82) is 0 Å². The zero-order valence-corrected chi connectivity index (χ0v) is 16.0. The lowest BCUT2D eigenvalue weighted by Crippen LogP contribution is -2.51. The Morgan fingerprint density at radius 2 is 1.56 bits per heavy atom. The van der Waals surface area contributed by atoms with Gasteiger partial charge >= 0.3 is 0 Å². The molecule has 0 radical (unpaired) electrons. The number of nitrogens with zero attached hydrogens (tertiary/aromatic N) is 3. The van der Waals surface area contributed by atoms with E-state index in [4.69, 9.17) is 0 Å². The first-order valence-corrected chi connectivity index (χ1v) is 10.1. The van der Waals surface area contributed by atoms with E-state index < -0.39 is 0 Å². The Hall–Kier alpha value is -1.30. The Bertz CT molecular complexity index is 460. The molecule has 0 unspecified atom stereocenters. The maximum Gasteiger partial charge on any atom is 0.243 e. The van der Waals surface area contributed by atoms with Gasteiger partial charge in [0, 0.05) is 45.3 Å². The van der Waals surface area contributed by atoms with Gasteiger partial charge in [0.25, 0.3) is 0 Å². The van der Waals surface area contributed by atoms with E-state index in [0.717, 1.165) is 12.0 Å². The van der Waals surface area contributed by atoms with E-state index in [1.54, 1.807) is 19.0 Å². The second-order valence-corrected chi connectivity index (χ2v) is 8.12. The number of likely N-dealkylation sites (N-methyl/N-ethyl adjacent to an activating group) is 1. The number of hydrogen-bond acceptors (Lipinski definition) is 3. The Kier molecular flexibility index (Phi) is 6.57. The molecule has 142 valence electrons. The van der Waals surface area contributed by atoms with Crippen molar-refractivity contribution in [3.63, 3.8) is 0 Å². The molecule has 0 aromatic carbocycles. The first-order valence-electron chi connectivity index (χ1n) is 10.1. The summed E-state index contributed by atoms with van der Waals surface area (Å²) in [5.41, 5.74) is 0. The highest BCUT2D eigenvalue weighted by Gasteiger charge is 2.32. The molecule has 1 amide bonds. The SMILES string of the molecule is CN(C)C(=O)CN=C(NC1CCCCC1)NC1CCN(C2CC2)CC1. The number of carbonyl (C=O) groups is 1. The molecule has 1 saturated heterocycles. The number of amides is 1. The Balaban J connectivity index is 1.53. The maximum atomic E-state index is 11.9. The molecule has 0 spiro atoms. The summed E-state index contributed by atoms with van der Waals surface area (Å²) in [7, 11) is 3.57. The van der Waals surface area contributed by atoms with Crippen LogP contribution in [0.2, 0.25) is 0 Å². The van der Waals surface area contributed by atoms with Gasteiger partial charge in [0.05, 0.1) is 0 Å². The maximum absolute atomic E-state index is 11.9. The van der Waals surface area contributed by atoms with Gasteiger partial charge in [-0.05, 0) is 38.5 Å². The number of likely N-dealkylation sites (tertiary alicyclic amines) is 1. The summed E-state index contributed by atoms with van der Waals surface area (Å²) >= 11 is 0. The molecule has 6 heteroatoms. The number of piperidine rings is 1. The molecule has 3 fully saturated rings. The number of aliphatic imine (C=N–C) groups is 1. The van der Waals surface area contributed by atoms with Gasteiger partial charge in [0.15, 0.2) is 5.96 Å². The van der Waals surface area contributed by atoms with Crippen LogP contribution in [0, 0.1) is 0 Å². The van der Waals surface area contributed by atoms with Crippen molar-refractivity contribution in [2.45, 2.75) is 75.9 Å². The summed E-state index contributed by atoms with van der Waals surface area (Å²) in [6, 6.07) is 1.84. The van der Waals surface area contributed by atoms with E-state index in [-0.39, 0.29) is 12.5 Å². The molecule has 2 aliphatic carbocycles. The second kappa shape index (κ2) is 8.88. The fraction of sp³-hybridized carbons (Fsp3) is 0.895. The fourth-order valence-electron chi connectivity index (χ4n) is 3.90. The molecule has 0 aromatic rings. The molecule has 1 aliphatic heterocycles. The van der Waals surface area contributed by atoms with Crippen molar-refractivity contribution in [2.24, 2.45) is 4.99 Å². The van der Waals surface area contributed by atoms with Crippen LogP contribution in [0.25, 0.3) is 0 Å². The molecule has 3 rings (SSSR count). The normalized spacial score (nSPS) is 24.2. The van der Waals surface area contributed by atoms with Gasteiger partial charge in [-0.25, -0.2) is 4.99 Å². The van der Waals surface area contributed by atoms with Gasteiger partial charge in [0.2, 0.25) is 5.91 Å². The van der Waals surface area contributed by atoms with E-state index in [0.29, 0.717) is 12.1 Å². The van der Waals surface area contributed by atoms with Gasteiger partial charge in [-0.2, -0.15) is 0 Å². The smallest absolute Gasteiger partial charge is 0.243 e. The van der Waals surface area contributed by atoms with E-state index >= 15 is 0 Å². The van der Waals surface area contributed by atoms with Gasteiger partial charge < -0.3 is 20.4 Å². The fourth-order valence-corrected chi connectivity index (χ4v) is 3.90. The predicted molar refractivity (Wildman–Crippen MR) is 102 cm³/mol. The molecule has 6 nitrogen and oxygen atoms in total. The summed E-state index contributed by atoms with van der Waals surface area (Å²) < 4.78 is 0. The van der Waals surface area contributed by atoms with Crippen molar-refractivity contribution in [3.05, 3.63) is 0 Å². The number of rotatable bonds is 5. The van der Waals surface area contributed by atoms with Crippen molar-refractivity contribution < 1.29 is 4.79 Å². The minimum Gasteiger partial charge on any atom is -0.354 e. The molecule has 25 heavy (non-hydrogen) atoms. The van der Waals surface area contributed by atoms with Crippen LogP contribution in [0.4, 0.5) is 0 Å². The highest BCUT2D eigenvalue weighted by molar-refractivity contribution is 5.85. The van der Waals surface area contributed by atoms with Crippen molar-refractivity contribution in [1.82, 2.24) is 20.4 Å². The van der Waals surface area contributed by atoms with Crippen molar-refractivity contribution in [3.8, 4) is 0 Å². The number of guanidine groups is 1. The molecule has 2 N–H and O–H groups in total. The molecule has 0 atom stereocenters. The standard InChI is InChI=1S/C19H35N5O/c1-23(2)18(25)14-20-19(21-15-6-4-3-5-7-15)22-16-10-12-24(13-11-16)17-8-9-17/h15-17H,3-14H2,1-2H3,(H2,20,21,22). The largest absolute Gasteiger partial charge is 0.354 e. The van der Waals surface area contributed by atoms with Crippen LogP contribution < -0.4 is 10.6 Å². The lowest BCUT2D eigenvalue weighted by molar-refractivity contribution is -0.127. The van der Waals surface area contributed by atoms with E-state index in [1.165, 1.54) is 70.9 Å². The quantitative estimate of drug-likeness (QED) is 0.584. The molecule has 3 aliphatic rings. The van der Waals surface area contributed by atoms with E-state index in [2.05, 4.69) is 20.5 Å². The highest BCUT2D eigenvalue weighted by Crippen LogP contribution is 2.29. The molecule has 1 heterocycles. The number of hydrogen-bond donors (Lipinski definition) is 2. The Labute approximate surface area is 152 Å². The topological polar surface area (TPSA) is 60.0 Å². The van der Waals surface area contributed by atoms with Gasteiger partial charge in [-0.15, -0.1) is 0 Å². The monoisotopic (exact) mass is 349 g/mol. The highest BCUT2D eigenvalue weighted by atomic mass is 16.2. The van der Waals surface area contributed by atoms with Crippen molar-refractivity contribution in [2.75, 3.05) is 33.7 Å². The van der Waals surface area contributed by atoms with Crippen LogP contribution in [-0.4, -0.2) is 73.5 Å². The van der Waals surface area contributed by atoms with Crippen molar-refractivity contribution >= 4 is 11.9 Å². The summed E-state index contributed by atoms with van der Waals surface area (Å²) in [4.78, 5) is 20.7. The van der Waals surface area contributed by atoms with E-state index in [1.807, 2.05) is 0 Å². The van der Waals surface area contributed by atoms with Crippen LogP contribution in [-0.2, 0) is 4.79 Å². The molecule has 2 saturated carbocycles. The summed E-state index contributed by atoms with van der Waals surface area (Å²) in [5.74, 6) is 0.889. The third-order valence-corrected chi connectivity index (χ3v) is 5.75. The number of nitrogens with one attached hydrogen (secondary N) is 2. The average molecular weight is 350 g/mol. The van der Waals surface area contributed by atoms with E-state index in [9.17, 15) is 4.79 Å². The van der Waals surface area contributed by atoms with Crippen LogP contribution in [0.5, 0.6) is 0 Å². The molecule has 0 aromatic heterocycles. The lowest BCUT2D eigenvalue weighted by Gasteiger charge is -2.34. The molecular formula is C19H35N5O. The summed E-state index contributed by atoms with van der Waals surface area (Å²) in [5, 5.41) is 7.22. The predicted octanol–water partition coefficient (Wildman–Crippen LogP) is 1.57. The van der Waals surface area contributed by atoms with Crippen LogP contribution in [0.15, 0.2) is 4.99 Å².